The number of thiazole rings is 1. The van der Waals surface area contributed by atoms with Crippen molar-refractivity contribution in [2.45, 2.75) is 32.6 Å². The lowest BCUT2D eigenvalue weighted by atomic mass is 10.3. The molecular formula is C20H20N4O3S. The zero-order valence-electron chi connectivity index (χ0n) is 15.6. The minimum Gasteiger partial charge on any atom is -0.451 e. The fourth-order valence-electron chi connectivity index (χ4n) is 2.93. The second-order valence-electron chi connectivity index (χ2n) is 6.75. The van der Waals surface area contributed by atoms with Crippen LogP contribution in [0, 0.1) is 13.8 Å². The van der Waals surface area contributed by atoms with Crippen molar-refractivity contribution in [2.75, 3.05) is 11.9 Å². The highest BCUT2D eigenvalue weighted by Crippen LogP contribution is 2.40. The maximum atomic E-state index is 12.4. The van der Waals surface area contributed by atoms with E-state index in [-0.39, 0.29) is 6.61 Å². The summed E-state index contributed by atoms with van der Waals surface area (Å²) in [4.78, 5) is 29.2. The summed E-state index contributed by atoms with van der Waals surface area (Å²) in [5.41, 5.74) is 2.44. The fraction of sp³-hybridized carbons (Fsp3) is 0.300. The van der Waals surface area contributed by atoms with E-state index in [9.17, 15) is 9.59 Å². The first kappa shape index (κ1) is 18.4. The van der Waals surface area contributed by atoms with Gasteiger partial charge in [0.2, 0.25) is 0 Å². The van der Waals surface area contributed by atoms with Gasteiger partial charge in [0.25, 0.3) is 5.91 Å². The molecule has 0 radical (unpaired) electrons. The Morgan fingerprint density at radius 3 is 2.64 bits per heavy atom. The molecule has 0 bridgehead atoms. The summed E-state index contributed by atoms with van der Waals surface area (Å²) in [6.07, 6.45) is 2.23. The van der Waals surface area contributed by atoms with E-state index >= 15 is 0 Å². The highest BCUT2D eigenvalue weighted by Gasteiger charge is 2.28. The number of amides is 1. The van der Waals surface area contributed by atoms with Crippen LogP contribution in [0.5, 0.6) is 0 Å². The number of ether oxygens (including phenoxy) is 1. The zero-order valence-corrected chi connectivity index (χ0v) is 16.5. The second-order valence-corrected chi connectivity index (χ2v) is 7.95. The Kier molecular flexibility index (Phi) is 4.95. The van der Waals surface area contributed by atoms with E-state index in [0.29, 0.717) is 22.3 Å². The molecule has 1 amide bonds. The molecule has 1 saturated carbocycles. The number of nitrogens with zero attached hydrogens (tertiary/aromatic N) is 3. The molecule has 2 aromatic heterocycles. The Morgan fingerprint density at radius 1 is 1.25 bits per heavy atom. The summed E-state index contributed by atoms with van der Waals surface area (Å²) in [5, 5.41) is 8.24. The molecule has 1 fully saturated rings. The van der Waals surface area contributed by atoms with Gasteiger partial charge in [0, 0.05) is 12.0 Å². The molecule has 0 saturated heterocycles. The van der Waals surface area contributed by atoms with E-state index in [4.69, 9.17) is 4.74 Å². The second kappa shape index (κ2) is 7.55. The smallest absolute Gasteiger partial charge is 0.350 e. The van der Waals surface area contributed by atoms with E-state index < -0.39 is 11.9 Å². The molecule has 28 heavy (non-hydrogen) atoms. The van der Waals surface area contributed by atoms with Crippen LogP contribution in [0.3, 0.4) is 0 Å². The number of hydrogen-bond acceptors (Lipinski definition) is 6. The summed E-state index contributed by atoms with van der Waals surface area (Å²) in [5.74, 6) is 0.0788. The fourth-order valence-corrected chi connectivity index (χ4v) is 3.74. The van der Waals surface area contributed by atoms with E-state index in [1.807, 2.05) is 43.3 Å². The maximum Gasteiger partial charge on any atom is 0.350 e. The highest BCUT2D eigenvalue weighted by molar-refractivity contribution is 7.13. The van der Waals surface area contributed by atoms with E-state index in [1.165, 1.54) is 11.3 Å². The summed E-state index contributed by atoms with van der Waals surface area (Å²) < 4.78 is 6.87. The standard InChI is InChI=1S/C20H20N4O3S/c1-12-19(28-13(2)21-12)20(26)27-11-18(25)22-17-10-16(14-8-9-14)23-24(17)15-6-4-3-5-7-15/h3-7,10,14H,8-9,11H2,1-2H3,(H,22,25). The zero-order chi connectivity index (χ0) is 19.7. The number of aryl methyl sites for hydroxylation is 2. The number of aromatic nitrogens is 3. The summed E-state index contributed by atoms with van der Waals surface area (Å²) in [6.45, 7) is 3.20. The average Bonchev–Trinajstić information content (AvgIpc) is 3.37. The quantitative estimate of drug-likeness (QED) is 0.643. The Morgan fingerprint density at radius 2 is 2.00 bits per heavy atom. The number of anilines is 1. The Labute approximate surface area is 166 Å². The van der Waals surface area contributed by atoms with Crippen LogP contribution in [0.1, 0.15) is 44.8 Å². The molecule has 0 spiro atoms. The van der Waals surface area contributed by atoms with Crippen molar-refractivity contribution in [1.29, 1.82) is 0 Å². The van der Waals surface area contributed by atoms with Crippen molar-refractivity contribution in [3.8, 4) is 5.69 Å². The van der Waals surface area contributed by atoms with Crippen LogP contribution in [-0.2, 0) is 9.53 Å². The molecule has 8 heteroatoms. The molecule has 1 aromatic carbocycles. The van der Waals surface area contributed by atoms with Crippen LogP contribution >= 0.6 is 11.3 Å². The molecular weight excluding hydrogens is 376 g/mol. The van der Waals surface area contributed by atoms with E-state index in [0.717, 1.165) is 29.2 Å². The SMILES string of the molecule is Cc1nc(C)c(C(=O)OCC(=O)Nc2cc(C3CC3)nn2-c2ccccc2)s1. The Balaban J connectivity index is 1.45. The van der Waals surface area contributed by atoms with Gasteiger partial charge in [-0.05, 0) is 38.8 Å². The van der Waals surface area contributed by atoms with Crippen molar-refractivity contribution < 1.29 is 14.3 Å². The molecule has 3 aromatic rings. The average molecular weight is 396 g/mol. The van der Waals surface area contributed by atoms with Gasteiger partial charge >= 0.3 is 5.97 Å². The molecule has 0 unspecified atom stereocenters. The van der Waals surface area contributed by atoms with Crippen LogP contribution in [0.2, 0.25) is 0 Å². The highest BCUT2D eigenvalue weighted by atomic mass is 32.1. The third kappa shape index (κ3) is 3.96. The van der Waals surface area contributed by atoms with Gasteiger partial charge in [-0.2, -0.15) is 5.10 Å². The molecule has 1 aliphatic carbocycles. The molecule has 7 nitrogen and oxygen atoms in total. The van der Waals surface area contributed by atoms with Crippen LogP contribution in [0.25, 0.3) is 5.69 Å². The third-order valence-electron chi connectivity index (χ3n) is 4.42. The first-order valence-electron chi connectivity index (χ1n) is 9.07. The summed E-state index contributed by atoms with van der Waals surface area (Å²) in [7, 11) is 0. The number of carbonyl (C=O) groups is 2. The number of hydrogen-bond donors (Lipinski definition) is 1. The Hall–Kier alpha value is -3.00. The predicted octanol–water partition coefficient (Wildman–Crippen LogP) is 3.62. The minimum atomic E-state index is -0.534. The van der Waals surface area contributed by atoms with Crippen molar-refractivity contribution in [1.82, 2.24) is 14.8 Å². The van der Waals surface area contributed by atoms with Gasteiger partial charge < -0.3 is 10.1 Å². The van der Waals surface area contributed by atoms with Gasteiger partial charge in [-0.1, -0.05) is 18.2 Å². The van der Waals surface area contributed by atoms with Crippen molar-refractivity contribution in [3.63, 3.8) is 0 Å². The third-order valence-corrected chi connectivity index (χ3v) is 5.47. The van der Waals surface area contributed by atoms with Crippen LogP contribution in [-0.4, -0.2) is 33.2 Å². The number of rotatable bonds is 6. The number of para-hydroxylation sites is 1. The maximum absolute atomic E-state index is 12.4. The van der Waals surface area contributed by atoms with Gasteiger partial charge in [0.15, 0.2) is 6.61 Å². The first-order valence-corrected chi connectivity index (χ1v) is 9.89. The number of esters is 1. The van der Waals surface area contributed by atoms with Gasteiger partial charge in [0.05, 0.1) is 22.1 Å². The summed E-state index contributed by atoms with van der Waals surface area (Å²) >= 11 is 1.26. The monoisotopic (exact) mass is 396 g/mol. The molecule has 0 aliphatic heterocycles. The van der Waals surface area contributed by atoms with E-state index in [1.54, 1.807) is 11.6 Å². The van der Waals surface area contributed by atoms with Crippen molar-refractivity contribution in [3.05, 3.63) is 57.7 Å². The predicted molar refractivity (Wildman–Crippen MR) is 106 cm³/mol. The topological polar surface area (TPSA) is 86.1 Å². The molecule has 1 N–H and O–H groups in total. The van der Waals surface area contributed by atoms with Gasteiger partial charge in [-0.15, -0.1) is 11.3 Å². The van der Waals surface area contributed by atoms with Gasteiger partial charge in [-0.3, -0.25) is 4.79 Å². The lowest BCUT2D eigenvalue weighted by Crippen LogP contribution is -2.22. The molecule has 4 rings (SSSR count). The number of carbonyl (C=O) groups excluding carboxylic acids is 2. The van der Waals surface area contributed by atoms with Crippen LogP contribution in [0.15, 0.2) is 36.4 Å². The number of benzene rings is 1. The minimum absolute atomic E-state index is 0.367. The largest absolute Gasteiger partial charge is 0.451 e. The molecule has 0 atom stereocenters. The van der Waals surface area contributed by atoms with E-state index in [2.05, 4.69) is 15.4 Å². The van der Waals surface area contributed by atoms with Gasteiger partial charge in [-0.25, -0.2) is 14.5 Å². The molecule has 2 heterocycles. The first-order chi connectivity index (χ1) is 13.5. The van der Waals surface area contributed by atoms with Gasteiger partial charge in [0.1, 0.15) is 10.7 Å². The molecule has 144 valence electrons. The molecule has 1 aliphatic rings. The van der Waals surface area contributed by atoms with Crippen LogP contribution < -0.4 is 5.32 Å². The normalized spacial score (nSPS) is 13.4. The lowest BCUT2D eigenvalue weighted by Gasteiger charge is -2.09. The van der Waals surface area contributed by atoms with Crippen LogP contribution in [0.4, 0.5) is 5.82 Å². The van der Waals surface area contributed by atoms with Crippen molar-refractivity contribution in [2.24, 2.45) is 0 Å². The summed E-state index contributed by atoms with van der Waals surface area (Å²) in [6, 6.07) is 11.5. The number of nitrogens with one attached hydrogen (secondary N) is 1. The van der Waals surface area contributed by atoms with Crippen molar-refractivity contribution >= 4 is 29.0 Å². The lowest BCUT2D eigenvalue weighted by molar-refractivity contribution is -0.119. The Bertz CT molecular complexity index is 1020.